The molecule has 0 aliphatic heterocycles. The molecule has 0 saturated carbocycles. The van der Waals surface area contributed by atoms with E-state index in [1.165, 1.54) is 0 Å². The maximum atomic E-state index is 16.0. The van der Waals surface area contributed by atoms with E-state index < -0.39 is 35.0 Å². The van der Waals surface area contributed by atoms with Crippen molar-refractivity contribution in [1.82, 2.24) is 19.6 Å². The number of fused-ring (bicyclic) bond motifs is 2. The molecule has 13 heteroatoms. The summed E-state index contributed by atoms with van der Waals surface area (Å²) >= 11 is 0. The molecule has 2 heterocycles. The second kappa shape index (κ2) is 21.2. The lowest BCUT2D eigenvalue weighted by Gasteiger charge is -2.42. The van der Waals surface area contributed by atoms with Crippen LogP contribution >= 0.6 is 0 Å². The van der Waals surface area contributed by atoms with Crippen molar-refractivity contribution in [1.29, 1.82) is 0 Å². The van der Waals surface area contributed by atoms with E-state index in [1.54, 1.807) is 9.80 Å². The molecule has 13 nitrogen and oxygen atoms in total. The maximum Gasteiger partial charge on any atom is 0.418 e. The van der Waals surface area contributed by atoms with Crippen LogP contribution < -0.4 is 9.80 Å². The molecule has 2 aromatic heterocycles. The smallest absolute Gasteiger partial charge is 0.418 e. The molecule has 2 atom stereocenters. The summed E-state index contributed by atoms with van der Waals surface area (Å²) in [6.45, 7) is 22.0. The van der Waals surface area contributed by atoms with E-state index in [2.05, 4.69) is 27.7 Å². The van der Waals surface area contributed by atoms with Gasteiger partial charge in [0.2, 0.25) is 11.2 Å². The highest BCUT2D eigenvalue weighted by molar-refractivity contribution is 6.31. The van der Waals surface area contributed by atoms with E-state index in [-0.39, 0.29) is 43.2 Å². The van der Waals surface area contributed by atoms with Gasteiger partial charge in [0, 0.05) is 70.9 Å². The predicted molar refractivity (Wildman–Crippen MR) is 276 cm³/mol. The molecule has 0 bridgehead atoms. The molecular weight excluding hydrogens is 893 g/mol. The molecule has 0 fully saturated rings. The van der Waals surface area contributed by atoms with Crippen LogP contribution in [0.3, 0.4) is 0 Å². The van der Waals surface area contributed by atoms with Crippen LogP contribution in [0.15, 0.2) is 97.1 Å². The van der Waals surface area contributed by atoms with Gasteiger partial charge >= 0.3 is 11.9 Å². The van der Waals surface area contributed by atoms with Gasteiger partial charge in [0.15, 0.2) is 0 Å². The van der Waals surface area contributed by atoms with Gasteiger partial charge in [-0.25, -0.2) is 9.59 Å². The highest BCUT2D eigenvalue weighted by Gasteiger charge is 2.54. The Labute approximate surface area is 418 Å². The third-order valence-electron chi connectivity index (χ3n) is 14.8. The third-order valence-corrected chi connectivity index (χ3v) is 14.8. The molecule has 6 aromatic rings. The Kier molecular flexibility index (Phi) is 15.5. The zero-order valence-electron chi connectivity index (χ0n) is 43.1. The minimum atomic E-state index is -1.93. The van der Waals surface area contributed by atoms with Crippen LogP contribution in [0.2, 0.25) is 0 Å². The zero-order valence-corrected chi connectivity index (χ0v) is 43.1. The maximum absolute atomic E-state index is 16.0. The van der Waals surface area contributed by atoms with Crippen molar-refractivity contribution in [2.75, 3.05) is 9.80 Å². The minimum Gasteiger partial charge on any atom is -0.435 e. The number of benzene rings is 4. The first-order chi connectivity index (χ1) is 33.5. The average Bonchev–Trinajstić information content (AvgIpc) is 3.81. The van der Waals surface area contributed by atoms with E-state index >= 15 is 19.2 Å². The number of rotatable bonds is 14. The van der Waals surface area contributed by atoms with Crippen molar-refractivity contribution >= 4 is 35.1 Å². The average molecular weight is 963 g/mol. The van der Waals surface area contributed by atoms with Crippen molar-refractivity contribution in [2.24, 2.45) is 0 Å². The molecule has 0 spiro atoms. The summed E-state index contributed by atoms with van der Waals surface area (Å²) in [6, 6.07) is 30.7. The highest BCUT2D eigenvalue weighted by atomic mass is 16.6. The van der Waals surface area contributed by atoms with Crippen LogP contribution in [0.4, 0.5) is 11.4 Å². The quantitative estimate of drug-likeness (QED) is 0.0770. The summed E-state index contributed by atoms with van der Waals surface area (Å²) in [4.78, 5) is 65.3. The number of aromatic nitrogens is 4. The first-order valence-corrected chi connectivity index (χ1v) is 25.1. The monoisotopic (exact) mass is 963 g/mol. The Balaban J connectivity index is 0.00000741. The summed E-state index contributed by atoms with van der Waals surface area (Å²) in [6.07, 6.45) is 2.54. The molecule has 2 aliphatic carbocycles. The fraction of sp³-hybridized carbons (Fsp3) is 0.414. The Hall–Kier alpha value is -6.86. The largest absolute Gasteiger partial charge is 0.435 e. The molecule has 2 amide bonds. The Bertz CT molecular complexity index is 2720. The topological polar surface area (TPSA) is 160 Å². The van der Waals surface area contributed by atoms with Crippen LogP contribution in [0.1, 0.15) is 146 Å². The fourth-order valence-electron chi connectivity index (χ4n) is 10.7. The number of esters is 2. The normalized spacial score (nSPS) is 17.2. The van der Waals surface area contributed by atoms with Crippen LogP contribution in [0.5, 0.6) is 0 Å². The summed E-state index contributed by atoms with van der Waals surface area (Å²) in [5.74, 6) is -3.19. The summed E-state index contributed by atoms with van der Waals surface area (Å²) in [5.41, 5.74) is 7.45. The lowest BCUT2D eigenvalue weighted by molar-refractivity contribution is -0.192. The van der Waals surface area contributed by atoms with Gasteiger partial charge in [-0.3, -0.25) is 19.0 Å². The molecule has 0 radical (unpaired) electrons. The van der Waals surface area contributed by atoms with Crippen LogP contribution in [0, 0.1) is 27.7 Å². The predicted octanol–water partition coefficient (Wildman–Crippen LogP) is 10.1. The molecule has 0 saturated heterocycles. The second-order valence-corrected chi connectivity index (χ2v) is 19.7. The molecule has 374 valence electrons. The van der Waals surface area contributed by atoms with E-state index in [0.29, 0.717) is 61.3 Å². The SMILES string of the molecule is CCn1nc(C)c(CN(C(=O)C2(OC(=O)C(=O)OC3(C(=O)N(Cc4c(C)nn(CC)c4C)c4ccc(C(C)C)cc4)CCCc4ccccc43)CCCc3ccccc32)c2ccc(C(C)C)cc2)c1C.O. The number of carbonyl (C=O) groups is 4. The number of amides is 2. The molecular formula is C58H70N6O7. The zero-order chi connectivity index (χ0) is 50.1. The molecule has 2 unspecified atom stereocenters. The van der Waals surface area contributed by atoms with Gasteiger partial charge in [0.1, 0.15) is 0 Å². The Morgan fingerprint density at radius 1 is 0.563 bits per heavy atom. The van der Waals surface area contributed by atoms with Gasteiger partial charge < -0.3 is 24.7 Å². The summed E-state index contributed by atoms with van der Waals surface area (Å²) in [7, 11) is 0. The summed E-state index contributed by atoms with van der Waals surface area (Å²) in [5, 5.41) is 9.56. The van der Waals surface area contributed by atoms with E-state index in [9.17, 15) is 0 Å². The number of anilines is 2. The lowest BCUT2D eigenvalue weighted by Crippen LogP contribution is -2.54. The Morgan fingerprint density at radius 3 is 1.24 bits per heavy atom. The number of hydrogen-bond acceptors (Lipinski definition) is 8. The van der Waals surface area contributed by atoms with Crippen LogP contribution in [0.25, 0.3) is 0 Å². The molecule has 2 N–H and O–H groups in total. The van der Waals surface area contributed by atoms with Crippen molar-refractivity contribution in [2.45, 2.75) is 157 Å². The minimum absolute atomic E-state index is 0. The first-order valence-electron chi connectivity index (χ1n) is 25.1. The van der Waals surface area contributed by atoms with Gasteiger partial charge in [-0.2, -0.15) is 10.2 Å². The van der Waals surface area contributed by atoms with Crippen molar-refractivity contribution in [3.63, 3.8) is 0 Å². The second-order valence-electron chi connectivity index (χ2n) is 19.7. The molecule has 4 aromatic carbocycles. The van der Waals surface area contributed by atoms with Gasteiger partial charge in [-0.05, 0) is 126 Å². The van der Waals surface area contributed by atoms with Gasteiger partial charge in [-0.1, -0.05) is 100 Å². The van der Waals surface area contributed by atoms with Crippen molar-refractivity contribution < 1.29 is 34.1 Å². The summed E-state index contributed by atoms with van der Waals surface area (Å²) < 4.78 is 16.9. The van der Waals surface area contributed by atoms with E-state index in [4.69, 9.17) is 19.7 Å². The third kappa shape index (κ3) is 9.81. The number of nitrogens with zero attached hydrogens (tertiary/aromatic N) is 6. The fourth-order valence-corrected chi connectivity index (χ4v) is 10.7. The number of aryl methyl sites for hydroxylation is 6. The van der Waals surface area contributed by atoms with Crippen molar-refractivity contribution in [3.05, 3.63) is 164 Å². The lowest BCUT2D eigenvalue weighted by atomic mass is 9.77. The molecule has 2 aliphatic rings. The number of carbonyl (C=O) groups excluding carboxylic acids is 4. The highest BCUT2D eigenvalue weighted by Crippen LogP contribution is 2.45. The van der Waals surface area contributed by atoms with Crippen LogP contribution in [-0.2, 0) is 78.9 Å². The van der Waals surface area contributed by atoms with Gasteiger partial charge in [0.05, 0.1) is 24.5 Å². The van der Waals surface area contributed by atoms with Crippen molar-refractivity contribution in [3.8, 4) is 0 Å². The number of ether oxygens (including phenoxy) is 2. The standard InChI is InChI=1S/C58H68N6O6.H2O/c1-11-63-41(9)49(39(7)59-63)35-61(47-29-25-43(26-30-47)37(3)4)55(67)57(33-17-21-45-19-13-15-23-51(45)57)69-53(65)54(66)70-58(34-18-22-46-20-14-16-24-52(46)58)56(68)62(48-31-27-44(28-32-48)38(5)6)36-50-40(8)60-64(12-2)42(50)10;/h13-16,19-20,23-32,37-38H,11-12,17-18,21-22,33-36H2,1-10H3;1H2. The van der Waals surface area contributed by atoms with Crippen LogP contribution in [-0.4, -0.2) is 48.8 Å². The van der Waals surface area contributed by atoms with E-state index in [0.717, 1.165) is 56.2 Å². The number of hydrogen-bond donors (Lipinski definition) is 0. The van der Waals surface area contributed by atoms with E-state index in [1.807, 2.05) is 148 Å². The first kappa shape index (κ1) is 52.0. The van der Waals surface area contributed by atoms with Gasteiger partial charge in [-0.15, -0.1) is 0 Å². The molecule has 71 heavy (non-hydrogen) atoms. The Morgan fingerprint density at radius 2 is 0.915 bits per heavy atom. The molecule has 8 rings (SSSR count). The van der Waals surface area contributed by atoms with Gasteiger partial charge in [0.25, 0.3) is 11.8 Å².